The Hall–Kier alpha value is -1.44. The van der Waals surface area contributed by atoms with E-state index >= 15 is 0 Å². The molecule has 2 aliphatic rings. The van der Waals surface area contributed by atoms with Crippen LogP contribution in [0.2, 0.25) is 0 Å². The molecule has 0 aromatic carbocycles. The van der Waals surface area contributed by atoms with Gasteiger partial charge in [-0.15, -0.1) is 0 Å². The van der Waals surface area contributed by atoms with E-state index in [1.54, 1.807) is 0 Å². The number of sulfone groups is 1. The van der Waals surface area contributed by atoms with Gasteiger partial charge in [-0.1, -0.05) is 18.0 Å². The van der Waals surface area contributed by atoms with E-state index in [4.69, 9.17) is 4.52 Å². The Morgan fingerprint density at radius 1 is 1.24 bits per heavy atom. The van der Waals surface area contributed by atoms with Crippen LogP contribution in [0.1, 0.15) is 55.7 Å². The van der Waals surface area contributed by atoms with Crippen LogP contribution in [0.4, 0.5) is 0 Å². The molecule has 116 valence electrons. The molecule has 3 rings (SSSR count). The largest absolute Gasteiger partial charge is 0.481 e. The molecule has 8 heteroatoms. The van der Waals surface area contributed by atoms with Crippen LogP contribution in [-0.2, 0) is 14.6 Å². The number of aromatic nitrogens is 2. The Labute approximate surface area is 122 Å². The maximum absolute atomic E-state index is 11.5. The number of carboxylic acid groups (broad SMARTS) is 1. The van der Waals surface area contributed by atoms with Crippen molar-refractivity contribution < 1.29 is 22.8 Å². The zero-order valence-corrected chi connectivity index (χ0v) is 12.4. The van der Waals surface area contributed by atoms with Crippen LogP contribution in [0.15, 0.2) is 4.52 Å². The highest BCUT2D eigenvalue weighted by Crippen LogP contribution is 2.38. The topological polar surface area (TPSA) is 110 Å². The lowest BCUT2D eigenvalue weighted by Crippen LogP contribution is -2.25. The molecule has 1 saturated heterocycles. The highest BCUT2D eigenvalue weighted by atomic mass is 32.2. The molecule has 1 aliphatic heterocycles. The molecular weight excluding hydrogens is 296 g/mol. The molecule has 0 amide bonds. The molecule has 3 atom stereocenters. The predicted octanol–water partition coefficient (Wildman–Crippen LogP) is 1.33. The molecule has 7 nitrogen and oxygen atoms in total. The molecule has 0 radical (unpaired) electrons. The Balaban J connectivity index is 1.79. The number of carboxylic acids is 1. The van der Waals surface area contributed by atoms with E-state index in [-0.39, 0.29) is 23.3 Å². The van der Waals surface area contributed by atoms with E-state index < -0.39 is 21.7 Å². The Bertz CT molecular complexity index is 639. The summed E-state index contributed by atoms with van der Waals surface area (Å²) in [5.74, 6) is -0.832. The molecule has 21 heavy (non-hydrogen) atoms. The van der Waals surface area contributed by atoms with Gasteiger partial charge in [-0.3, -0.25) is 4.79 Å². The Morgan fingerprint density at radius 3 is 2.67 bits per heavy atom. The minimum absolute atomic E-state index is 0.0546. The van der Waals surface area contributed by atoms with Crippen molar-refractivity contribution >= 4 is 15.8 Å². The highest BCUT2D eigenvalue weighted by molar-refractivity contribution is 7.91. The molecule has 2 fully saturated rings. The van der Waals surface area contributed by atoms with Crippen LogP contribution in [0.5, 0.6) is 0 Å². The van der Waals surface area contributed by atoms with Crippen LogP contribution < -0.4 is 0 Å². The van der Waals surface area contributed by atoms with Crippen molar-refractivity contribution in [3.05, 3.63) is 11.7 Å². The first-order valence-electron chi connectivity index (χ1n) is 7.23. The van der Waals surface area contributed by atoms with Gasteiger partial charge in [0.25, 0.3) is 0 Å². The molecule has 1 N–H and O–H groups in total. The summed E-state index contributed by atoms with van der Waals surface area (Å²) in [4.78, 5) is 15.6. The fourth-order valence-electron chi connectivity index (χ4n) is 3.28. The molecule has 3 unspecified atom stereocenters. The summed E-state index contributed by atoms with van der Waals surface area (Å²) in [6.45, 7) is 0. The number of nitrogens with zero attached hydrogens (tertiary/aromatic N) is 2. The smallest absolute Gasteiger partial charge is 0.307 e. The van der Waals surface area contributed by atoms with Gasteiger partial charge in [-0.2, -0.15) is 4.98 Å². The van der Waals surface area contributed by atoms with E-state index in [0.29, 0.717) is 24.6 Å². The maximum atomic E-state index is 11.5. The number of carbonyl (C=O) groups is 1. The van der Waals surface area contributed by atoms with Gasteiger partial charge >= 0.3 is 5.97 Å². The standard InChI is InChI=1S/C13H18N2O5S/c16-13(17)10-4-2-1-3-9(10)12-14-11(15-20-12)8-5-6-21(18,19)7-8/h8-10H,1-7H2,(H,16,17). The lowest BCUT2D eigenvalue weighted by atomic mass is 9.79. The van der Waals surface area contributed by atoms with E-state index in [1.165, 1.54) is 0 Å². The monoisotopic (exact) mass is 314 g/mol. The first-order valence-corrected chi connectivity index (χ1v) is 9.05. The summed E-state index contributed by atoms with van der Waals surface area (Å²) in [6, 6.07) is 0. The van der Waals surface area contributed by atoms with Crippen molar-refractivity contribution in [3.63, 3.8) is 0 Å². The summed E-state index contributed by atoms with van der Waals surface area (Å²) in [7, 11) is -3.00. The quantitative estimate of drug-likeness (QED) is 0.896. The van der Waals surface area contributed by atoms with Gasteiger partial charge in [0.2, 0.25) is 5.89 Å². The van der Waals surface area contributed by atoms with Gasteiger partial charge in [-0.05, 0) is 19.3 Å². The zero-order chi connectivity index (χ0) is 15.0. The van der Waals surface area contributed by atoms with Gasteiger partial charge in [0, 0.05) is 5.92 Å². The average Bonchev–Trinajstić information content (AvgIpc) is 3.05. The van der Waals surface area contributed by atoms with Crippen LogP contribution in [0.3, 0.4) is 0 Å². The predicted molar refractivity (Wildman–Crippen MR) is 72.6 cm³/mol. The minimum atomic E-state index is -3.00. The Kier molecular flexibility index (Phi) is 3.73. The van der Waals surface area contributed by atoms with Crippen molar-refractivity contribution in [3.8, 4) is 0 Å². The van der Waals surface area contributed by atoms with Gasteiger partial charge in [0.05, 0.1) is 23.3 Å². The summed E-state index contributed by atoms with van der Waals surface area (Å²) in [5, 5.41) is 13.2. The average molecular weight is 314 g/mol. The first kappa shape index (κ1) is 14.5. The van der Waals surface area contributed by atoms with Crippen LogP contribution in [0, 0.1) is 5.92 Å². The fraction of sp³-hybridized carbons (Fsp3) is 0.769. The summed E-state index contributed by atoms with van der Waals surface area (Å²) >= 11 is 0. The van der Waals surface area contributed by atoms with Crippen molar-refractivity contribution in [2.45, 2.75) is 43.9 Å². The molecule has 0 bridgehead atoms. The van der Waals surface area contributed by atoms with Gasteiger partial charge in [-0.25, -0.2) is 8.42 Å². The number of hydrogen-bond donors (Lipinski definition) is 1. The third kappa shape index (κ3) is 2.95. The molecule has 1 aliphatic carbocycles. The summed E-state index contributed by atoms with van der Waals surface area (Å²) < 4.78 is 28.2. The number of hydrogen-bond acceptors (Lipinski definition) is 6. The van der Waals surface area contributed by atoms with E-state index in [1.807, 2.05) is 0 Å². The minimum Gasteiger partial charge on any atom is -0.481 e. The molecule has 0 spiro atoms. The van der Waals surface area contributed by atoms with Crippen molar-refractivity contribution in [2.24, 2.45) is 5.92 Å². The molecule has 1 saturated carbocycles. The maximum Gasteiger partial charge on any atom is 0.307 e. The number of rotatable bonds is 3. The van der Waals surface area contributed by atoms with E-state index in [0.717, 1.165) is 19.3 Å². The van der Waals surface area contributed by atoms with E-state index in [2.05, 4.69) is 10.1 Å². The van der Waals surface area contributed by atoms with Crippen LogP contribution >= 0.6 is 0 Å². The molecule has 2 heterocycles. The molecule has 1 aromatic heterocycles. The van der Waals surface area contributed by atoms with Crippen LogP contribution in [-0.4, -0.2) is 41.1 Å². The molecular formula is C13H18N2O5S. The van der Waals surface area contributed by atoms with Crippen LogP contribution in [0.25, 0.3) is 0 Å². The lowest BCUT2D eigenvalue weighted by Gasteiger charge is -2.25. The van der Waals surface area contributed by atoms with Crippen molar-refractivity contribution in [1.82, 2.24) is 10.1 Å². The number of aliphatic carboxylic acids is 1. The summed E-state index contributed by atoms with van der Waals surface area (Å²) in [5.41, 5.74) is 0. The van der Waals surface area contributed by atoms with Crippen molar-refractivity contribution in [2.75, 3.05) is 11.5 Å². The van der Waals surface area contributed by atoms with E-state index in [9.17, 15) is 18.3 Å². The third-order valence-electron chi connectivity index (χ3n) is 4.46. The SMILES string of the molecule is O=C(O)C1CCCCC1c1nc(C2CCS(=O)(=O)C2)no1. The van der Waals surface area contributed by atoms with Gasteiger partial charge in [0.15, 0.2) is 15.7 Å². The second-order valence-electron chi connectivity index (χ2n) is 5.93. The zero-order valence-electron chi connectivity index (χ0n) is 11.6. The first-order chi connectivity index (χ1) is 9.96. The normalized spacial score (nSPS) is 32.1. The van der Waals surface area contributed by atoms with Gasteiger partial charge < -0.3 is 9.63 Å². The highest BCUT2D eigenvalue weighted by Gasteiger charge is 2.37. The summed E-state index contributed by atoms with van der Waals surface area (Å²) in [6.07, 6.45) is 3.70. The van der Waals surface area contributed by atoms with Crippen molar-refractivity contribution in [1.29, 1.82) is 0 Å². The second kappa shape index (κ2) is 5.40. The lowest BCUT2D eigenvalue weighted by molar-refractivity contribution is -0.143. The molecule has 1 aromatic rings. The fourth-order valence-corrected chi connectivity index (χ4v) is 5.02. The van der Waals surface area contributed by atoms with Gasteiger partial charge in [0.1, 0.15) is 0 Å². The Morgan fingerprint density at radius 2 is 2.00 bits per heavy atom. The second-order valence-corrected chi connectivity index (χ2v) is 8.16. The third-order valence-corrected chi connectivity index (χ3v) is 6.22.